The summed E-state index contributed by atoms with van der Waals surface area (Å²) in [6.07, 6.45) is -12.9. The third kappa shape index (κ3) is 7.75. The van der Waals surface area contributed by atoms with Crippen molar-refractivity contribution in [3.8, 4) is 5.75 Å². The topological polar surface area (TPSA) is 123 Å². The van der Waals surface area contributed by atoms with Crippen LogP contribution in [0, 0.1) is 10.1 Å². The zero-order valence-electron chi connectivity index (χ0n) is 17.8. The molecule has 0 N–H and O–H groups in total. The van der Waals surface area contributed by atoms with Crippen LogP contribution in [0.15, 0.2) is 28.7 Å². The molecule has 36 heavy (non-hydrogen) atoms. The van der Waals surface area contributed by atoms with Crippen LogP contribution >= 0.6 is 10.2 Å². The quantitative estimate of drug-likeness (QED) is 0.129. The molecule has 0 amide bonds. The molecule has 1 heterocycles. The molecule has 1 aliphatic heterocycles. The Hall–Kier alpha value is -3.51. The second-order valence-corrected chi connectivity index (χ2v) is 9.51. The van der Waals surface area contributed by atoms with Gasteiger partial charge in [-0.2, -0.15) is 13.2 Å². The molecule has 1 aromatic rings. The van der Waals surface area contributed by atoms with E-state index in [1.807, 2.05) is 0 Å². The van der Waals surface area contributed by atoms with E-state index >= 15 is 0 Å². The lowest BCUT2D eigenvalue weighted by Crippen LogP contribution is -2.41. The minimum absolute atomic E-state index is 0.163. The first kappa shape index (κ1) is 28.7. The van der Waals surface area contributed by atoms with Gasteiger partial charge in [0, 0.05) is 12.5 Å². The number of carbonyl (C=O) groups excluding carboxylic acids is 2. The highest BCUT2D eigenvalue weighted by Gasteiger charge is 2.65. The molecule has 10 nitrogen and oxygen atoms in total. The molecule has 1 aromatic carbocycles. The molecule has 2 unspecified atom stereocenters. The fourth-order valence-corrected chi connectivity index (χ4v) is 3.28. The lowest BCUT2D eigenvalue weighted by Gasteiger charge is -2.41. The second kappa shape index (κ2) is 8.86. The molecule has 0 fully saturated rings. The summed E-state index contributed by atoms with van der Waals surface area (Å²) in [4.78, 5) is 35.5. The lowest BCUT2D eigenvalue weighted by molar-refractivity contribution is -0.767. The van der Waals surface area contributed by atoms with Crippen molar-refractivity contribution in [2.45, 2.75) is 43.4 Å². The van der Waals surface area contributed by atoms with Crippen LogP contribution in [0.5, 0.6) is 5.75 Å². The van der Waals surface area contributed by atoms with Gasteiger partial charge in [0.15, 0.2) is 0 Å². The van der Waals surface area contributed by atoms with Gasteiger partial charge in [-0.25, -0.2) is 9.59 Å². The van der Waals surface area contributed by atoms with Crippen molar-refractivity contribution in [1.82, 2.24) is 0 Å². The maximum atomic E-state index is 13.4. The highest BCUT2D eigenvalue weighted by atomic mass is 32.5. The predicted molar refractivity (Wildman–Crippen MR) is 102 cm³/mol. The molecule has 0 saturated heterocycles. The van der Waals surface area contributed by atoms with Crippen LogP contribution in [0.1, 0.15) is 19.4 Å². The maximum Gasteiger partial charge on any atom is 0.511 e. The zero-order chi connectivity index (χ0) is 27.8. The smallest absolute Gasteiger partial charge is 0.475 e. The number of halogens is 8. The van der Waals surface area contributed by atoms with Gasteiger partial charge >= 0.3 is 28.5 Å². The average molecular weight is 561 g/mol. The summed E-state index contributed by atoms with van der Waals surface area (Å²) in [6.45, 7) is 1.26. The summed E-state index contributed by atoms with van der Waals surface area (Å²) in [6, 6.07) is -0.114. The predicted octanol–water partition coefficient (Wildman–Crippen LogP) is 5.69. The molecule has 2 rings (SSSR count). The van der Waals surface area contributed by atoms with Gasteiger partial charge in [0.25, 0.3) is 5.09 Å². The molecular formula is C17H15F8NO9S. The largest absolute Gasteiger partial charge is 0.511 e. The van der Waals surface area contributed by atoms with Crippen molar-refractivity contribution in [2.24, 2.45) is 0 Å². The fourth-order valence-electron chi connectivity index (χ4n) is 2.60. The van der Waals surface area contributed by atoms with E-state index in [-0.39, 0.29) is 24.3 Å². The Bertz CT molecular complexity index is 1090. The number of benzene rings is 1. The molecule has 0 aliphatic carbocycles. The van der Waals surface area contributed by atoms with Gasteiger partial charge < -0.3 is 23.8 Å². The molecule has 0 spiro atoms. The number of rotatable bonds is 8. The van der Waals surface area contributed by atoms with Gasteiger partial charge in [-0.05, 0) is 31.2 Å². The van der Waals surface area contributed by atoms with Gasteiger partial charge in [-0.3, -0.25) is 0 Å². The average Bonchev–Trinajstić information content (AvgIpc) is 2.67. The molecule has 204 valence electrons. The molecule has 1 aliphatic rings. The second-order valence-electron chi connectivity index (χ2n) is 7.10. The number of nitrogens with zero attached hydrogens (tertiary/aromatic N) is 1. The van der Waals surface area contributed by atoms with Gasteiger partial charge in [0.2, 0.25) is 12.4 Å². The maximum absolute atomic E-state index is 13.4. The number of alkyl halides is 3. The van der Waals surface area contributed by atoms with Crippen LogP contribution in [0.3, 0.4) is 0 Å². The first-order chi connectivity index (χ1) is 16.1. The van der Waals surface area contributed by atoms with Crippen LogP contribution in [0.4, 0.5) is 37.4 Å². The van der Waals surface area contributed by atoms with Crippen LogP contribution in [0.2, 0.25) is 0 Å². The number of hydrogen-bond donors (Lipinski definition) is 0. The van der Waals surface area contributed by atoms with Crippen molar-refractivity contribution >= 4 is 28.4 Å². The molecule has 0 saturated carbocycles. The van der Waals surface area contributed by atoms with Crippen LogP contribution < -0.4 is 4.74 Å². The van der Waals surface area contributed by atoms with Crippen LogP contribution in [-0.2, 0) is 23.8 Å². The van der Waals surface area contributed by atoms with Crippen molar-refractivity contribution in [3.05, 3.63) is 39.4 Å². The van der Waals surface area contributed by atoms with Crippen molar-refractivity contribution < 1.29 is 71.1 Å². The molecular weight excluding hydrogens is 546 g/mol. The van der Waals surface area contributed by atoms with E-state index in [4.69, 9.17) is 0 Å². The summed E-state index contributed by atoms with van der Waals surface area (Å²) in [7, 11) is -10.2. The van der Waals surface area contributed by atoms with Gasteiger partial charge in [-0.1, -0.05) is 19.4 Å². The summed E-state index contributed by atoms with van der Waals surface area (Å²) >= 11 is 0. The summed E-state index contributed by atoms with van der Waals surface area (Å²) in [5, 5.41) is 8.96. The standard InChI is InChI=1S/C17H15F8NO9S/c1-8(35-26(29)30)7-31-16(28)33-9(2)32-15(27)12-6-10-5-11(36(21,22,23,24)25)3-4-13(10)34-14(12)17(18,19)20/h3-6,8-9,14H,7H2,1-2H3/t8-,9?,14?/m0/s1. The Morgan fingerprint density at radius 1 is 1.14 bits per heavy atom. The zero-order valence-corrected chi connectivity index (χ0v) is 18.6. The number of esters is 1. The van der Waals surface area contributed by atoms with E-state index in [1.54, 1.807) is 0 Å². The fraction of sp³-hybridized carbons (Fsp3) is 0.412. The first-order valence-corrected chi connectivity index (χ1v) is 11.2. The van der Waals surface area contributed by atoms with E-state index in [0.717, 1.165) is 13.8 Å². The molecule has 19 heteroatoms. The SMILES string of the molecule is CC(OC(=O)OC[C@H](C)O[N+](=O)[O-])OC(=O)C1=Cc2cc(S(F)(F)(F)(F)F)ccc2OC1C(F)(F)F. The van der Waals surface area contributed by atoms with Gasteiger partial charge in [-0.15, -0.1) is 10.1 Å². The Morgan fingerprint density at radius 2 is 1.75 bits per heavy atom. The van der Waals surface area contributed by atoms with Gasteiger partial charge in [0.05, 0.1) is 5.57 Å². The summed E-state index contributed by atoms with van der Waals surface area (Å²) < 4.78 is 123. The Labute approximate surface area is 195 Å². The van der Waals surface area contributed by atoms with Crippen molar-refractivity contribution in [3.63, 3.8) is 0 Å². The number of ether oxygens (including phenoxy) is 4. The Balaban J connectivity index is 2.23. The summed E-state index contributed by atoms with van der Waals surface area (Å²) in [5.74, 6) is -2.76. The minimum atomic E-state index is -10.2. The van der Waals surface area contributed by atoms with Crippen molar-refractivity contribution in [2.75, 3.05) is 6.61 Å². The number of fused-ring (bicyclic) bond motifs is 1. The van der Waals surface area contributed by atoms with E-state index in [0.29, 0.717) is 0 Å². The third-order valence-corrected chi connectivity index (χ3v) is 5.18. The third-order valence-electron chi connectivity index (χ3n) is 4.04. The van der Waals surface area contributed by atoms with E-state index in [9.17, 15) is 52.3 Å². The molecule has 0 radical (unpaired) electrons. The normalized spacial score (nSPS) is 19.2. The Morgan fingerprint density at radius 3 is 2.28 bits per heavy atom. The van der Waals surface area contributed by atoms with E-state index in [1.165, 1.54) is 0 Å². The van der Waals surface area contributed by atoms with Crippen LogP contribution in [-0.4, -0.2) is 48.5 Å². The van der Waals surface area contributed by atoms with Crippen LogP contribution in [0.25, 0.3) is 6.08 Å². The first-order valence-electron chi connectivity index (χ1n) is 9.25. The van der Waals surface area contributed by atoms with Gasteiger partial charge in [0.1, 0.15) is 23.4 Å². The lowest BCUT2D eigenvalue weighted by atomic mass is 10.0. The Kier molecular flexibility index (Phi) is 7.07. The highest BCUT2D eigenvalue weighted by molar-refractivity contribution is 8.45. The number of carbonyl (C=O) groups is 2. The van der Waals surface area contributed by atoms with E-state index < -0.39 is 80.5 Å². The summed E-state index contributed by atoms with van der Waals surface area (Å²) in [5.41, 5.74) is -2.37. The van der Waals surface area contributed by atoms with Crippen molar-refractivity contribution in [1.29, 1.82) is 0 Å². The molecule has 0 bridgehead atoms. The number of hydrogen-bond acceptors (Lipinski definition) is 9. The minimum Gasteiger partial charge on any atom is -0.475 e. The molecule has 0 aromatic heterocycles. The van der Waals surface area contributed by atoms with E-state index in [2.05, 4.69) is 23.8 Å². The molecule has 3 atom stereocenters. The monoisotopic (exact) mass is 561 g/mol. The highest BCUT2D eigenvalue weighted by Crippen LogP contribution is 3.02.